The van der Waals surface area contributed by atoms with Crippen LogP contribution in [0.1, 0.15) is 0 Å². The van der Waals surface area contributed by atoms with E-state index in [0.717, 1.165) is 0 Å². The Morgan fingerprint density at radius 1 is 1.50 bits per heavy atom. The first-order chi connectivity index (χ1) is 5.67. The Kier molecular flexibility index (Phi) is 3.17. The van der Waals surface area contributed by atoms with E-state index >= 15 is 0 Å². The Balaban J connectivity index is 2.99. The van der Waals surface area contributed by atoms with E-state index in [1.165, 1.54) is 11.8 Å². The van der Waals surface area contributed by atoms with Gasteiger partial charge in [-0.3, -0.25) is 0 Å². The third-order valence-corrected chi connectivity index (χ3v) is 4.40. The molecule has 1 rings (SSSR count). The van der Waals surface area contributed by atoms with Crippen molar-refractivity contribution >= 4 is 21.6 Å². The van der Waals surface area contributed by atoms with E-state index in [4.69, 9.17) is 0 Å². The van der Waals surface area contributed by atoms with Crippen molar-refractivity contribution in [3.8, 4) is 0 Å². The van der Waals surface area contributed by atoms with Crippen molar-refractivity contribution in [2.75, 3.05) is 11.3 Å². The van der Waals surface area contributed by atoms with Crippen LogP contribution in [0.5, 0.6) is 0 Å². The molecule has 4 heteroatoms. The second-order valence-corrected chi connectivity index (χ2v) is 5.44. The first kappa shape index (κ1) is 9.61. The zero-order valence-corrected chi connectivity index (χ0v) is 8.28. The van der Waals surface area contributed by atoms with Crippen LogP contribution in [0.2, 0.25) is 0 Å². The van der Waals surface area contributed by atoms with Gasteiger partial charge in [0.25, 0.3) is 0 Å². The molecule has 0 aliphatic carbocycles. The van der Waals surface area contributed by atoms with Crippen LogP contribution in [0.15, 0.2) is 29.2 Å². The van der Waals surface area contributed by atoms with Crippen LogP contribution < -0.4 is 0 Å². The molecule has 0 spiro atoms. The molecule has 0 amide bonds. The third kappa shape index (κ3) is 2.25. The summed E-state index contributed by atoms with van der Waals surface area (Å²) in [5, 5.41) is 0.119. The molecule has 0 heterocycles. The Morgan fingerprint density at radius 2 is 2.25 bits per heavy atom. The number of hydrogen-bond acceptors (Lipinski definition) is 3. The summed E-state index contributed by atoms with van der Waals surface area (Å²) in [6.45, 7) is 0. The molecular formula is C8H9O2S2. The van der Waals surface area contributed by atoms with E-state index in [1.807, 2.05) is 0 Å². The van der Waals surface area contributed by atoms with Gasteiger partial charge in [0.15, 0.2) is 9.84 Å². The van der Waals surface area contributed by atoms with Gasteiger partial charge >= 0.3 is 0 Å². The predicted octanol–water partition coefficient (Wildman–Crippen LogP) is 1.58. The van der Waals surface area contributed by atoms with Crippen molar-refractivity contribution in [2.24, 2.45) is 0 Å². The number of hydrogen-bond donors (Lipinski definition) is 0. The average molecular weight is 201 g/mol. The average Bonchev–Trinajstić information content (AvgIpc) is 2.06. The van der Waals surface area contributed by atoms with Gasteiger partial charge < -0.3 is 0 Å². The van der Waals surface area contributed by atoms with Gasteiger partial charge in [-0.25, -0.2) is 8.42 Å². The summed E-state index contributed by atoms with van der Waals surface area (Å²) < 4.78 is 22.8. The van der Waals surface area contributed by atoms with Crippen molar-refractivity contribution in [3.05, 3.63) is 30.3 Å². The maximum Gasteiger partial charge on any atom is 0.188 e. The fraction of sp³-hybridized carbons (Fsp3) is 0.250. The van der Waals surface area contributed by atoms with E-state index < -0.39 is 9.84 Å². The minimum absolute atomic E-state index is 0.119. The molecule has 0 bridgehead atoms. The van der Waals surface area contributed by atoms with Crippen LogP contribution in [-0.2, 0) is 9.84 Å². The molecule has 0 N–H and O–H groups in total. The van der Waals surface area contributed by atoms with Gasteiger partial charge in [-0.15, -0.1) is 11.8 Å². The molecular weight excluding hydrogens is 192 g/mol. The van der Waals surface area contributed by atoms with Crippen molar-refractivity contribution < 1.29 is 8.42 Å². The molecule has 0 aromatic heterocycles. The molecule has 0 aliphatic rings. The predicted molar refractivity (Wildman–Crippen MR) is 50.8 cm³/mol. The molecule has 1 radical (unpaired) electrons. The molecule has 65 valence electrons. The van der Waals surface area contributed by atoms with E-state index in [-0.39, 0.29) is 9.98 Å². The van der Waals surface area contributed by atoms with Crippen LogP contribution in [0.3, 0.4) is 0 Å². The van der Waals surface area contributed by atoms with Crippen LogP contribution >= 0.6 is 11.8 Å². The molecule has 12 heavy (non-hydrogen) atoms. The van der Waals surface area contributed by atoms with E-state index in [9.17, 15) is 8.42 Å². The standard InChI is InChI=1S/C8H9O2S2/c1-11-7-12(9,10)8-5-3-2-4-6-8/h2-5H,7H2,1H3. The summed E-state index contributed by atoms with van der Waals surface area (Å²) in [6.07, 6.45) is 1.76. The van der Waals surface area contributed by atoms with Crippen LogP contribution in [0.4, 0.5) is 0 Å². The van der Waals surface area contributed by atoms with Crippen molar-refractivity contribution in [1.82, 2.24) is 0 Å². The minimum Gasteiger partial charge on any atom is -0.223 e. The maximum atomic E-state index is 11.4. The molecule has 0 saturated heterocycles. The molecule has 0 atom stereocenters. The Morgan fingerprint density at radius 3 is 2.75 bits per heavy atom. The Labute approximate surface area is 76.9 Å². The molecule has 2 nitrogen and oxygen atoms in total. The fourth-order valence-corrected chi connectivity index (χ4v) is 3.07. The summed E-state index contributed by atoms with van der Waals surface area (Å²) in [5.41, 5.74) is 0. The molecule has 0 unspecified atom stereocenters. The van der Waals surface area contributed by atoms with Gasteiger partial charge in [-0.05, 0) is 12.3 Å². The highest BCUT2D eigenvalue weighted by Crippen LogP contribution is 2.12. The lowest BCUT2D eigenvalue weighted by Gasteiger charge is -1.99. The number of thioether (sulfide) groups is 1. The van der Waals surface area contributed by atoms with Crippen molar-refractivity contribution in [3.63, 3.8) is 0 Å². The second kappa shape index (κ2) is 3.96. The van der Waals surface area contributed by atoms with E-state index in [0.29, 0.717) is 0 Å². The molecule has 1 aromatic rings. The number of benzene rings is 1. The van der Waals surface area contributed by atoms with Crippen molar-refractivity contribution in [2.45, 2.75) is 4.90 Å². The summed E-state index contributed by atoms with van der Waals surface area (Å²) >= 11 is 1.30. The van der Waals surface area contributed by atoms with E-state index in [1.54, 1.807) is 30.5 Å². The number of sulfone groups is 1. The van der Waals surface area contributed by atoms with Crippen LogP contribution in [0, 0.1) is 6.07 Å². The smallest absolute Gasteiger partial charge is 0.188 e. The van der Waals surface area contributed by atoms with Crippen LogP contribution in [-0.4, -0.2) is 19.8 Å². The Hall–Kier alpha value is -0.480. The second-order valence-electron chi connectivity index (χ2n) is 2.25. The quantitative estimate of drug-likeness (QED) is 0.744. The summed E-state index contributed by atoms with van der Waals surface area (Å²) in [4.78, 5) is 0.277. The highest BCUT2D eigenvalue weighted by atomic mass is 32.3. The fourth-order valence-electron chi connectivity index (χ4n) is 0.789. The largest absolute Gasteiger partial charge is 0.223 e. The van der Waals surface area contributed by atoms with Gasteiger partial charge in [0.05, 0.1) is 4.90 Å². The lowest BCUT2D eigenvalue weighted by Crippen LogP contribution is -2.02. The summed E-state index contributed by atoms with van der Waals surface area (Å²) in [6, 6.07) is 9.30. The molecule has 0 aliphatic heterocycles. The lowest BCUT2D eigenvalue weighted by molar-refractivity contribution is 0.600. The first-order valence-corrected chi connectivity index (χ1v) is 6.40. The lowest BCUT2D eigenvalue weighted by atomic mass is 10.4. The molecule has 0 fully saturated rings. The maximum absolute atomic E-state index is 11.4. The monoisotopic (exact) mass is 201 g/mol. The SMILES string of the molecule is CSCS(=O)(=O)c1[c]cccc1. The summed E-state index contributed by atoms with van der Waals surface area (Å²) in [5.74, 6) is 0. The summed E-state index contributed by atoms with van der Waals surface area (Å²) in [7, 11) is -3.10. The zero-order valence-electron chi connectivity index (χ0n) is 6.65. The Bertz CT molecular complexity index is 329. The normalized spacial score (nSPS) is 11.4. The third-order valence-electron chi connectivity index (χ3n) is 1.29. The molecule has 0 saturated carbocycles. The van der Waals surface area contributed by atoms with Gasteiger partial charge in [-0.1, -0.05) is 18.2 Å². The first-order valence-electron chi connectivity index (χ1n) is 3.35. The van der Waals surface area contributed by atoms with Gasteiger partial charge in [0, 0.05) is 6.07 Å². The van der Waals surface area contributed by atoms with Gasteiger partial charge in [0.1, 0.15) is 5.08 Å². The number of rotatable bonds is 3. The zero-order chi connectivity index (χ0) is 9.03. The highest BCUT2D eigenvalue weighted by molar-refractivity contribution is 8.12. The highest BCUT2D eigenvalue weighted by Gasteiger charge is 2.11. The minimum atomic E-state index is -3.10. The van der Waals surface area contributed by atoms with E-state index in [2.05, 4.69) is 6.07 Å². The van der Waals surface area contributed by atoms with Gasteiger partial charge in [-0.2, -0.15) is 0 Å². The van der Waals surface area contributed by atoms with Crippen LogP contribution in [0.25, 0.3) is 0 Å². The topological polar surface area (TPSA) is 34.1 Å². The molecule has 1 aromatic carbocycles. The van der Waals surface area contributed by atoms with Gasteiger partial charge in [0.2, 0.25) is 0 Å². The van der Waals surface area contributed by atoms with Crippen molar-refractivity contribution in [1.29, 1.82) is 0 Å².